The van der Waals surface area contributed by atoms with Gasteiger partial charge < -0.3 is 9.88 Å². The average Bonchev–Trinajstić information content (AvgIpc) is 3.29. The molecular formula is C25H17FN4O3. The van der Waals surface area contributed by atoms with Crippen LogP contribution in [0.2, 0.25) is 0 Å². The van der Waals surface area contributed by atoms with Crippen molar-refractivity contribution in [2.45, 2.75) is 6.54 Å². The third kappa shape index (κ3) is 3.78. The molecule has 1 aromatic heterocycles. The van der Waals surface area contributed by atoms with Gasteiger partial charge in [-0.2, -0.15) is 10.1 Å². The number of nitrogens with one attached hydrogen (secondary N) is 1. The van der Waals surface area contributed by atoms with E-state index in [1.807, 2.05) is 24.3 Å². The van der Waals surface area contributed by atoms with Crippen molar-refractivity contribution in [3.63, 3.8) is 0 Å². The molecule has 0 unspecified atom stereocenters. The molecule has 0 radical (unpaired) electrons. The van der Waals surface area contributed by atoms with Gasteiger partial charge in [-0.15, -0.1) is 0 Å². The second-order valence-electron chi connectivity index (χ2n) is 7.50. The van der Waals surface area contributed by atoms with Gasteiger partial charge in [-0.05, 0) is 42.5 Å². The maximum absolute atomic E-state index is 13.1. The topological polar surface area (TPSA) is 83.8 Å². The molecule has 5 rings (SSSR count). The highest BCUT2D eigenvalue weighted by atomic mass is 19.1. The van der Waals surface area contributed by atoms with E-state index in [0.717, 1.165) is 15.9 Å². The number of hydrazone groups is 1. The Morgan fingerprint density at radius 3 is 2.24 bits per heavy atom. The van der Waals surface area contributed by atoms with E-state index < -0.39 is 11.8 Å². The van der Waals surface area contributed by atoms with Crippen molar-refractivity contribution in [2.24, 2.45) is 5.10 Å². The fourth-order valence-electron chi connectivity index (χ4n) is 3.80. The Bertz CT molecular complexity index is 1400. The van der Waals surface area contributed by atoms with Crippen LogP contribution in [0, 0.1) is 5.82 Å². The summed E-state index contributed by atoms with van der Waals surface area (Å²) in [6.07, 6.45) is 3.18. The number of hydrogen-bond acceptors (Lipinski definition) is 4. The Morgan fingerprint density at radius 2 is 1.55 bits per heavy atom. The second-order valence-corrected chi connectivity index (χ2v) is 7.50. The molecule has 1 N–H and O–H groups in total. The van der Waals surface area contributed by atoms with Gasteiger partial charge in [-0.1, -0.05) is 30.3 Å². The molecule has 4 aromatic rings. The molecule has 0 atom stereocenters. The second kappa shape index (κ2) is 8.16. The molecule has 0 saturated carbocycles. The molecule has 0 aliphatic carbocycles. The molecule has 1 aliphatic heterocycles. The standard InChI is InChI=1S/C25H17FN4O3/c26-17-9-11-18(12-10-17)28-23(31)15-29-14-16(19-5-3-4-8-22(19)29)13-27-30-24(32)20-6-1-2-7-21(20)25(30)33/h1-14H,15H2,(H,28,31)/b27-13+. The lowest BCUT2D eigenvalue weighted by Crippen LogP contribution is -2.24. The summed E-state index contributed by atoms with van der Waals surface area (Å²) in [5.74, 6) is -1.62. The van der Waals surface area contributed by atoms with Crippen LogP contribution >= 0.6 is 0 Å². The number of benzene rings is 3. The molecule has 2 heterocycles. The molecule has 8 heteroatoms. The van der Waals surface area contributed by atoms with Crippen molar-refractivity contribution in [1.29, 1.82) is 0 Å². The summed E-state index contributed by atoms with van der Waals surface area (Å²) in [5, 5.41) is 8.54. The van der Waals surface area contributed by atoms with E-state index in [9.17, 15) is 18.8 Å². The van der Waals surface area contributed by atoms with Gasteiger partial charge in [0.05, 0.1) is 17.3 Å². The van der Waals surface area contributed by atoms with Crippen LogP contribution < -0.4 is 5.32 Å². The van der Waals surface area contributed by atoms with Gasteiger partial charge >= 0.3 is 0 Å². The zero-order valence-electron chi connectivity index (χ0n) is 17.2. The first-order valence-corrected chi connectivity index (χ1v) is 10.2. The largest absolute Gasteiger partial charge is 0.337 e. The number of anilines is 1. The first kappa shape index (κ1) is 20.3. The Labute approximate surface area is 187 Å². The first-order chi connectivity index (χ1) is 16.0. The summed E-state index contributed by atoms with van der Waals surface area (Å²) in [6.45, 7) is 0.0126. The number of rotatable bonds is 5. The number of amides is 3. The van der Waals surface area contributed by atoms with E-state index in [2.05, 4.69) is 10.4 Å². The SMILES string of the molecule is O=C(Cn1cc(/C=N/N2C(=O)c3ccccc3C2=O)c2ccccc21)Nc1ccc(F)cc1. The van der Waals surface area contributed by atoms with Crippen LogP contribution in [0.15, 0.2) is 84.1 Å². The number of hydrogen-bond donors (Lipinski definition) is 1. The smallest absolute Gasteiger partial charge is 0.282 e. The summed E-state index contributed by atoms with van der Waals surface area (Å²) in [7, 11) is 0. The molecule has 0 spiro atoms. The number of imide groups is 1. The summed E-state index contributed by atoms with van der Waals surface area (Å²) in [5.41, 5.74) is 2.57. The van der Waals surface area contributed by atoms with E-state index in [-0.39, 0.29) is 18.3 Å². The number of nitrogens with zero attached hydrogens (tertiary/aromatic N) is 3. The van der Waals surface area contributed by atoms with Crippen molar-refractivity contribution in [1.82, 2.24) is 9.58 Å². The van der Waals surface area contributed by atoms with Crippen LogP contribution in [-0.4, -0.2) is 33.5 Å². The van der Waals surface area contributed by atoms with Crippen molar-refractivity contribution in [2.75, 3.05) is 5.32 Å². The predicted molar refractivity (Wildman–Crippen MR) is 122 cm³/mol. The molecule has 3 amide bonds. The number of para-hydroxylation sites is 1. The minimum Gasteiger partial charge on any atom is -0.337 e. The van der Waals surface area contributed by atoms with Crippen LogP contribution in [0.3, 0.4) is 0 Å². The maximum Gasteiger partial charge on any atom is 0.282 e. The van der Waals surface area contributed by atoms with Crippen LogP contribution in [0.4, 0.5) is 10.1 Å². The van der Waals surface area contributed by atoms with Gasteiger partial charge in [0.15, 0.2) is 0 Å². The minimum absolute atomic E-state index is 0.0126. The zero-order chi connectivity index (χ0) is 22.9. The van der Waals surface area contributed by atoms with Crippen LogP contribution in [0.25, 0.3) is 10.9 Å². The lowest BCUT2D eigenvalue weighted by Gasteiger charge is -2.07. The summed E-state index contributed by atoms with van der Waals surface area (Å²) >= 11 is 0. The van der Waals surface area contributed by atoms with Crippen LogP contribution in [0.1, 0.15) is 26.3 Å². The highest BCUT2D eigenvalue weighted by Crippen LogP contribution is 2.24. The normalized spacial score (nSPS) is 13.2. The van der Waals surface area contributed by atoms with Gasteiger partial charge in [0, 0.05) is 28.4 Å². The van der Waals surface area contributed by atoms with Crippen molar-refractivity contribution >= 4 is 40.5 Å². The van der Waals surface area contributed by atoms with E-state index in [4.69, 9.17) is 0 Å². The van der Waals surface area contributed by atoms with Gasteiger partial charge in [0.25, 0.3) is 11.8 Å². The van der Waals surface area contributed by atoms with E-state index >= 15 is 0 Å². The third-order valence-electron chi connectivity index (χ3n) is 5.35. The van der Waals surface area contributed by atoms with Crippen molar-refractivity contribution < 1.29 is 18.8 Å². The molecule has 7 nitrogen and oxygen atoms in total. The van der Waals surface area contributed by atoms with Gasteiger partial charge in [0.2, 0.25) is 5.91 Å². The van der Waals surface area contributed by atoms with Crippen LogP contribution in [0.5, 0.6) is 0 Å². The molecular weight excluding hydrogens is 423 g/mol. The van der Waals surface area contributed by atoms with E-state index in [1.165, 1.54) is 30.5 Å². The van der Waals surface area contributed by atoms with Gasteiger partial charge in [0.1, 0.15) is 12.4 Å². The number of halogens is 1. The molecule has 33 heavy (non-hydrogen) atoms. The first-order valence-electron chi connectivity index (χ1n) is 10.2. The minimum atomic E-state index is -0.478. The number of carbonyl (C=O) groups is 3. The Kier molecular flexibility index (Phi) is 5.02. The highest BCUT2D eigenvalue weighted by Gasteiger charge is 2.35. The van der Waals surface area contributed by atoms with Gasteiger partial charge in [-0.3, -0.25) is 14.4 Å². The predicted octanol–water partition coefficient (Wildman–Crippen LogP) is 4.05. The summed E-state index contributed by atoms with van der Waals surface area (Å²) in [6, 6.07) is 19.5. The van der Waals surface area contributed by atoms with Gasteiger partial charge in [-0.25, -0.2) is 4.39 Å². The zero-order valence-corrected chi connectivity index (χ0v) is 17.2. The molecule has 162 valence electrons. The monoisotopic (exact) mass is 440 g/mol. The maximum atomic E-state index is 13.1. The van der Waals surface area contributed by atoms with Crippen LogP contribution in [-0.2, 0) is 11.3 Å². The molecule has 1 aliphatic rings. The Hall–Kier alpha value is -4.59. The fraction of sp³-hybridized carbons (Fsp3) is 0.0400. The Morgan fingerprint density at radius 1 is 0.909 bits per heavy atom. The lowest BCUT2D eigenvalue weighted by molar-refractivity contribution is -0.116. The Balaban J connectivity index is 1.40. The van der Waals surface area contributed by atoms with E-state index in [0.29, 0.717) is 22.4 Å². The molecule has 3 aromatic carbocycles. The summed E-state index contributed by atoms with van der Waals surface area (Å²) < 4.78 is 14.8. The van der Waals surface area contributed by atoms with Crippen molar-refractivity contribution in [3.8, 4) is 0 Å². The average molecular weight is 440 g/mol. The summed E-state index contributed by atoms with van der Waals surface area (Å²) in [4.78, 5) is 37.6. The number of aromatic nitrogens is 1. The number of fused-ring (bicyclic) bond motifs is 2. The molecule has 0 bridgehead atoms. The highest BCUT2D eigenvalue weighted by molar-refractivity contribution is 6.21. The lowest BCUT2D eigenvalue weighted by atomic mass is 10.1. The molecule has 0 saturated heterocycles. The fourth-order valence-corrected chi connectivity index (χ4v) is 3.80. The van der Waals surface area contributed by atoms with E-state index in [1.54, 1.807) is 35.0 Å². The third-order valence-corrected chi connectivity index (χ3v) is 5.35. The quantitative estimate of drug-likeness (QED) is 0.375. The van der Waals surface area contributed by atoms with Crippen molar-refractivity contribution in [3.05, 3.63) is 102 Å². The number of carbonyl (C=O) groups excluding carboxylic acids is 3. The molecule has 0 fully saturated rings.